The largest absolute Gasteiger partial charge is 0.508 e. The first-order chi connectivity index (χ1) is 24.7. The molecule has 0 bridgehead atoms. The number of phenolic OH excluding ortho intramolecular Hbond substituents is 1. The van der Waals surface area contributed by atoms with Crippen molar-refractivity contribution in [3.8, 4) is 23.0 Å². The van der Waals surface area contributed by atoms with Gasteiger partial charge in [0.25, 0.3) is 5.91 Å². The molecule has 52 heavy (non-hydrogen) atoms. The molecule has 14 heteroatoms. The number of aliphatic hydroxyl groups excluding tert-OH is 2. The molecule has 276 valence electrons. The minimum absolute atomic E-state index is 0.0654. The standard InChI is InChI=1S/C38H42N2O11S/c1-24-7-18-33(25(2)20-24)50-19-5-6-34(44)39-31-17-12-28(49-4)21-32(31)40-37(46)35(36(45)38(3,22-41)23-42)51-27-10-15-30(16-11-27)52(47,48)29-13-8-26(43)9-14-29/h7-18,20-21,35,41-43H,5-6,19,22-23H2,1-4H3,(H,39,44)(H,40,46). The minimum atomic E-state index is -3.98. The van der Waals surface area contributed by atoms with Crippen molar-refractivity contribution in [3.05, 3.63) is 96.1 Å². The number of benzene rings is 4. The van der Waals surface area contributed by atoms with Gasteiger partial charge in [-0.2, -0.15) is 0 Å². The maximum absolute atomic E-state index is 13.8. The van der Waals surface area contributed by atoms with E-state index in [2.05, 4.69) is 10.6 Å². The van der Waals surface area contributed by atoms with Gasteiger partial charge in [-0.15, -0.1) is 0 Å². The molecule has 0 fully saturated rings. The summed E-state index contributed by atoms with van der Waals surface area (Å²) in [6, 6.07) is 20.2. The second-order valence-corrected chi connectivity index (χ2v) is 14.3. The summed E-state index contributed by atoms with van der Waals surface area (Å²) in [5.41, 5.74) is 0.554. The molecule has 0 heterocycles. The summed E-state index contributed by atoms with van der Waals surface area (Å²) in [6.45, 7) is 3.85. The van der Waals surface area contributed by atoms with Crippen molar-refractivity contribution in [1.82, 2.24) is 0 Å². The number of ether oxygens (including phenoxy) is 3. The lowest BCUT2D eigenvalue weighted by atomic mass is 9.84. The summed E-state index contributed by atoms with van der Waals surface area (Å²) in [7, 11) is -2.58. The van der Waals surface area contributed by atoms with Gasteiger partial charge in [-0.05, 0) is 99.5 Å². The molecule has 0 aliphatic rings. The summed E-state index contributed by atoms with van der Waals surface area (Å²) in [4.78, 5) is 40.2. The fourth-order valence-corrected chi connectivity index (χ4v) is 6.25. The lowest BCUT2D eigenvalue weighted by molar-refractivity contribution is -0.145. The van der Waals surface area contributed by atoms with E-state index in [4.69, 9.17) is 14.2 Å². The number of aromatic hydroxyl groups is 1. The average molecular weight is 735 g/mol. The molecule has 13 nitrogen and oxygen atoms in total. The average Bonchev–Trinajstić information content (AvgIpc) is 3.13. The molecule has 4 rings (SSSR count). The third kappa shape index (κ3) is 9.66. The smallest absolute Gasteiger partial charge is 0.273 e. The van der Waals surface area contributed by atoms with Crippen LogP contribution >= 0.6 is 0 Å². The van der Waals surface area contributed by atoms with Crippen LogP contribution < -0.4 is 24.8 Å². The van der Waals surface area contributed by atoms with Gasteiger partial charge >= 0.3 is 0 Å². The number of nitrogens with one attached hydrogen (secondary N) is 2. The van der Waals surface area contributed by atoms with Gasteiger partial charge in [-0.25, -0.2) is 8.42 Å². The lowest BCUT2D eigenvalue weighted by Gasteiger charge is -2.28. The zero-order chi connectivity index (χ0) is 38.1. The molecule has 4 aromatic carbocycles. The number of phenols is 1. The highest BCUT2D eigenvalue weighted by molar-refractivity contribution is 7.91. The first-order valence-corrected chi connectivity index (χ1v) is 17.7. The SMILES string of the molecule is COc1ccc(NC(=O)CCCOc2ccc(C)cc2C)c(NC(=O)C(Oc2ccc(S(=O)(=O)c3ccc(O)cc3)cc2)C(=O)C(C)(CO)CO)c1. The Morgan fingerprint density at radius 3 is 2.02 bits per heavy atom. The molecule has 1 atom stereocenters. The monoisotopic (exact) mass is 734 g/mol. The highest BCUT2D eigenvalue weighted by atomic mass is 32.2. The van der Waals surface area contributed by atoms with E-state index in [1.807, 2.05) is 32.0 Å². The van der Waals surface area contributed by atoms with Gasteiger partial charge < -0.3 is 40.2 Å². The van der Waals surface area contributed by atoms with E-state index in [0.29, 0.717) is 18.8 Å². The Morgan fingerprint density at radius 2 is 1.42 bits per heavy atom. The number of hydrogen-bond acceptors (Lipinski definition) is 11. The molecular weight excluding hydrogens is 692 g/mol. The predicted molar refractivity (Wildman–Crippen MR) is 193 cm³/mol. The van der Waals surface area contributed by atoms with E-state index in [1.165, 1.54) is 74.7 Å². The molecular formula is C38H42N2O11S. The summed E-state index contributed by atoms with van der Waals surface area (Å²) in [6.07, 6.45) is -1.45. The number of aliphatic hydroxyl groups is 2. The number of Topliss-reactive ketones (excluding diaryl/α,β-unsaturated/α-hetero) is 1. The molecule has 0 saturated heterocycles. The van der Waals surface area contributed by atoms with E-state index < -0.39 is 46.3 Å². The number of ketones is 1. The number of hydrogen-bond donors (Lipinski definition) is 5. The number of carbonyl (C=O) groups excluding carboxylic acids is 3. The van der Waals surface area contributed by atoms with Crippen LogP contribution in [0, 0.1) is 19.3 Å². The van der Waals surface area contributed by atoms with Gasteiger partial charge in [0, 0.05) is 12.5 Å². The fourth-order valence-electron chi connectivity index (χ4n) is 4.99. The molecule has 0 aliphatic carbocycles. The zero-order valence-electron chi connectivity index (χ0n) is 29.2. The zero-order valence-corrected chi connectivity index (χ0v) is 30.0. The third-order valence-electron chi connectivity index (χ3n) is 8.20. The predicted octanol–water partition coefficient (Wildman–Crippen LogP) is 4.59. The molecule has 0 radical (unpaired) electrons. The van der Waals surface area contributed by atoms with Crippen LogP contribution in [0.4, 0.5) is 11.4 Å². The number of aryl methyl sites for hydroxylation is 2. The number of amides is 2. The molecule has 5 N–H and O–H groups in total. The van der Waals surface area contributed by atoms with E-state index in [1.54, 1.807) is 6.07 Å². The summed E-state index contributed by atoms with van der Waals surface area (Å²) in [5, 5.41) is 34.8. The van der Waals surface area contributed by atoms with Crippen LogP contribution in [0.2, 0.25) is 0 Å². The first kappa shape index (κ1) is 39.3. The highest BCUT2D eigenvalue weighted by Crippen LogP contribution is 2.30. The summed E-state index contributed by atoms with van der Waals surface area (Å²) < 4.78 is 43.1. The summed E-state index contributed by atoms with van der Waals surface area (Å²) in [5.74, 6) is -1.47. The van der Waals surface area contributed by atoms with E-state index in [9.17, 15) is 38.1 Å². The van der Waals surface area contributed by atoms with Crippen LogP contribution in [0.25, 0.3) is 0 Å². The second-order valence-electron chi connectivity index (χ2n) is 12.4. The second kappa shape index (κ2) is 17.2. The van der Waals surface area contributed by atoms with Gasteiger partial charge in [-0.1, -0.05) is 17.7 Å². The van der Waals surface area contributed by atoms with Gasteiger partial charge in [0.2, 0.25) is 21.8 Å². The Labute approximate surface area is 302 Å². The highest BCUT2D eigenvalue weighted by Gasteiger charge is 2.42. The fraction of sp³-hybridized carbons (Fsp3) is 0.289. The molecule has 0 aliphatic heterocycles. The van der Waals surface area contributed by atoms with Crippen LogP contribution in [0.15, 0.2) is 94.7 Å². The van der Waals surface area contributed by atoms with Gasteiger partial charge in [0.15, 0.2) is 5.78 Å². The first-order valence-electron chi connectivity index (χ1n) is 16.3. The van der Waals surface area contributed by atoms with Crippen molar-refractivity contribution in [2.45, 2.75) is 49.5 Å². The molecule has 4 aromatic rings. The molecule has 0 spiro atoms. The lowest BCUT2D eigenvalue weighted by Crippen LogP contribution is -2.50. The van der Waals surface area contributed by atoms with Crippen molar-refractivity contribution < 1.29 is 52.3 Å². The van der Waals surface area contributed by atoms with E-state index >= 15 is 0 Å². The van der Waals surface area contributed by atoms with E-state index in [-0.39, 0.29) is 45.0 Å². The van der Waals surface area contributed by atoms with Gasteiger partial charge in [0.05, 0.1) is 53.5 Å². The van der Waals surface area contributed by atoms with Crippen molar-refractivity contribution in [2.24, 2.45) is 5.41 Å². The Hall–Kier alpha value is -5.44. The number of anilines is 2. The van der Waals surface area contributed by atoms with Gasteiger partial charge in [-0.3, -0.25) is 14.4 Å². The Balaban J connectivity index is 1.52. The van der Waals surface area contributed by atoms with Crippen molar-refractivity contribution in [2.75, 3.05) is 37.6 Å². The maximum atomic E-state index is 13.8. The minimum Gasteiger partial charge on any atom is -0.508 e. The normalized spacial score (nSPS) is 12.0. The number of sulfone groups is 1. The van der Waals surface area contributed by atoms with Crippen LogP contribution in [0.1, 0.15) is 30.9 Å². The molecule has 0 aromatic heterocycles. The van der Waals surface area contributed by atoms with Crippen LogP contribution in [-0.2, 0) is 24.2 Å². The van der Waals surface area contributed by atoms with Crippen molar-refractivity contribution in [3.63, 3.8) is 0 Å². The maximum Gasteiger partial charge on any atom is 0.273 e. The van der Waals surface area contributed by atoms with Crippen molar-refractivity contribution >= 4 is 38.8 Å². The van der Waals surface area contributed by atoms with E-state index in [0.717, 1.165) is 16.9 Å². The quantitative estimate of drug-likeness (QED) is 0.0751. The number of methoxy groups -OCH3 is 1. The molecule has 2 amide bonds. The number of rotatable bonds is 17. The van der Waals surface area contributed by atoms with Crippen LogP contribution in [-0.4, -0.2) is 74.4 Å². The topological polar surface area (TPSA) is 198 Å². The summed E-state index contributed by atoms with van der Waals surface area (Å²) >= 11 is 0. The third-order valence-corrected chi connectivity index (χ3v) is 9.98. The Bertz CT molecular complexity index is 1990. The Morgan fingerprint density at radius 1 is 0.808 bits per heavy atom. The Kier molecular flexibility index (Phi) is 13.0. The van der Waals surface area contributed by atoms with Gasteiger partial charge in [0.1, 0.15) is 23.0 Å². The van der Waals surface area contributed by atoms with Crippen molar-refractivity contribution in [1.29, 1.82) is 0 Å². The van der Waals surface area contributed by atoms with Crippen LogP contribution in [0.5, 0.6) is 23.0 Å². The number of carbonyl (C=O) groups is 3. The van der Waals surface area contributed by atoms with Crippen LogP contribution in [0.3, 0.4) is 0 Å². The molecule has 0 saturated carbocycles. The molecule has 1 unspecified atom stereocenters.